The zero-order chi connectivity index (χ0) is 12.4. The Morgan fingerprint density at radius 2 is 2.00 bits per heavy atom. The van der Waals surface area contributed by atoms with Gasteiger partial charge in [-0.25, -0.2) is 8.78 Å². The number of anilines is 1. The maximum atomic E-state index is 14.4. The van der Waals surface area contributed by atoms with Crippen LogP contribution in [-0.4, -0.2) is 5.91 Å². The highest BCUT2D eigenvalue weighted by Gasteiger charge is 2.44. The topological polar surface area (TPSA) is 29.1 Å². The van der Waals surface area contributed by atoms with Gasteiger partial charge >= 0.3 is 0 Å². The number of benzene rings is 1. The van der Waals surface area contributed by atoms with Gasteiger partial charge in [0.05, 0.1) is 11.1 Å². The monoisotopic (exact) mass is 237 g/mol. The van der Waals surface area contributed by atoms with Gasteiger partial charge in [0.15, 0.2) is 0 Å². The molecule has 4 heteroatoms. The first kappa shape index (κ1) is 10.7. The van der Waals surface area contributed by atoms with E-state index < -0.39 is 17.0 Å². The molecule has 0 atom stereocenters. The molecule has 2 aliphatic rings. The Balaban J connectivity index is 2.28. The fourth-order valence-corrected chi connectivity index (χ4v) is 2.43. The number of rotatable bonds is 1. The summed E-state index contributed by atoms with van der Waals surface area (Å²) in [4.78, 5) is 11.7. The molecule has 0 saturated heterocycles. The fourth-order valence-electron chi connectivity index (χ4n) is 2.43. The zero-order valence-corrected chi connectivity index (χ0v) is 9.73. The smallest absolute Gasteiger partial charge is 0.234 e. The molecule has 1 fully saturated rings. The lowest BCUT2D eigenvalue weighted by Gasteiger charge is -2.17. The second kappa shape index (κ2) is 3.06. The van der Waals surface area contributed by atoms with Gasteiger partial charge < -0.3 is 5.32 Å². The molecule has 3 rings (SSSR count). The summed E-state index contributed by atoms with van der Waals surface area (Å²) in [6.45, 7) is 3.24. The second-order valence-electron chi connectivity index (χ2n) is 5.36. The number of nitrogens with one attached hydrogen (secondary N) is 1. The van der Waals surface area contributed by atoms with Crippen LogP contribution in [0, 0.1) is 11.6 Å². The molecular formula is C13H13F2NO. The fraction of sp³-hybridized carbons (Fsp3) is 0.462. The molecule has 1 aliphatic heterocycles. The maximum Gasteiger partial charge on any atom is 0.234 e. The van der Waals surface area contributed by atoms with Crippen LogP contribution in [0.15, 0.2) is 6.07 Å². The van der Waals surface area contributed by atoms with Crippen molar-refractivity contribution in [1.29, 1.82) is 0 Å². The molecule has 1 aliphatic carbocycles. The highest BCUT2D eigenvalue weighted by Crippen LogP contribution is 2.48. The lowest BCUT2D eigenvalue weighted by molar-refractivity contribution is -0.119. The molecule has 1 heterocycles. The Morgan fingerprint density at radius 1 is 1.35 bits per heavy atom. The van der Waals surface area contributed by atoms with Gasteiger partial charge in [0.25, 0.3) is 0 Å². The van der Waals surface area contributed by atoms with Gasteiger partial charge in [-0.05, 0) is 44.2 Å². The van der Waals surface area contributed by atoms with Crippen LogP contribution >= 0.6 is 0 Å². The minimum absolute atomic E-state index is 0.0156. The second-order valence-corrected chi connectivity index (χ2v) is 5.36. The van der Waals surface area contributed by atoms with Crippen molar-refractivity contribution >= 4 is 11.6 Å². The minimum Gasteiger partial charge on any atom is -0.322 e. The zero-order valence-electron chi connectivity index (χ0n) is 9.73. The van der Waals surface area contributed by atoms with Gasteiger partial charge in [-0.3, -0.25) is 4.79 Å². The van der Waals surface area contributed by atoms with Gasteiger partial charge in [0.2, 0.25) is 5.91 Å². The molecule has 1 saturated carbocycles. The average molecular weight is 237 g/mol. The van der Waals surface area contributed by atoms with E-state index in [9.17, 15) is 13.6 Å². The van der Waals surface area contributed by atoms with E-state index >= 15 is 0 Å². The van der Waals surface area contributed by atoms with Crippen molar-refractivity contribution in [2.75, 3.05) is 5.32 Å². The van der Waals surface area contributed by atoms with Crippen LogP contribution in [0.2, 0.25) is 0 Å². The molecule has 1 amide bonds. The number of hydrogen-bond acceptors (Lipinski definition) is 1. The lowest BCUT2D eigenvalue weighted by Crippen LogP contribution is -2.27. The molecule has 1 aromatic rings. The van der Waals surface area contributed by atoms with Gasteiger partial charge in [-0.2, -0.15) is 0 Å². The molecule has 0 aromatic heterocycles. The Bertz CT molecular complexity index is 533. The van der Waals surface area contributed by atoms with E-state index in [1.807, 2.05) is 0 Å². The highest BCUT2D eigenvalue weighted by atomic mass is 19.1. The standard InChI is InChI=1S/C13H13F2NO/c1-13(2)9-10(15)7(6-3-4-6)5-8(14)11(9)16-12(13)17/h5-6H,3-4H2,1-2H3,(H,16,17). The van der Waals surface area contributed by atoms with E-state index in [1.54, 1.807) is 13.8 Å². The van der Waals surface area contributed by atoms with Gasteiger partial charge in [-0.1, -0.05) is 0 Å². The molecule has 90 valence electrons. The van der Waals surface area contributed by atoms with E-state index in [0.717, 1.165) is 12.8 Å². The van der Waals surface area contributed by atoms with Crippen LogP contribution in [0.3, 0.4) is 0 Å². The number of amides is 1. The lowest BCUT2D eigenvalue weighted by atomic mass is 9.84. The molecule has 1 N–H and O–H groups in total. The van der Waals surface area contributed by atoms with E-state index in [-0.39, 0.29) is 23.1 Å². The van der Waals surface area contributed by atoms with Crippen molar-refractivity contribution in [3.63, 3.8) is 0 Å². The third-order valence-electron chi connectivity index (χ3n) is 3.69. The summed E-state index contributed by atoms with van der Waals surface area (Å²) in [6.07, 6.45) is 1.80. The summed E-state index contributed by atoms with van der Waals surface area (Å²) >= 11 is 0. The molecule has 0 bridgehead atoms. The number of halogens is 2. The summed E-state index contributed by atoms with van der Waals surface area (Å²) in [5.41, 5.74) is -0.373. The maximum absolute atomic E-state index is 14.4. The van der Waals surface area contributed by atoms with Crippen LogP contribution in [0.4, 0.5) is 14.5 Å². The summed E-state index contributed by atoms with van der Waals surface area (Å²) in [5, 5.41) is 2.43. The van der Waals surface area contributed by atoms with Crippen molar-refractivity contribution in [3.8, 4) is 0 Å². The Kier molecular flexibility index (Phi) is 1.92. The Hall–Kier alpha value is -1.45. The van der Waals surface area contributed by atoms with Gasteiger partial charge in [0, 0.05) is 5.56 Å². The first-order chi connectivity index (χ1) is 7.93. The van der Waals surface area contributed by atoms with E-state index in [4.69, 9.17) is 0 Å². The SMILES string of the molecule is CC1(C)C(=O)Nc2c(F)cc(C3CC3)c(F)c21. The summed E-state index contributed by atoms with van der Waals surface area (Å²) < 4.78 is 28.2. The van der Waals surface area contributed by atoms with Gasteiger partial charge in [0.1, 0.15) is 11.6 Å². The molecule has 0 spiro atoms. The minimum atomic E-state index is -0.995. The molecule has 1 aromatic carbocycles. The summed E-state index contributed by atoms with van der Waals surface area (Å²) in [7, 11) is 0. The first-order valence-corrected chi connectivity index (χ1v) is 5.76. The predicted molar refractivity (Wildman–Crippen MR) is 60.0 cm³/mol. The van der Waals surface area contributed by atoms with Crippen molar-refractivity contribution in [3.05, 3.63) is 28.8 Å². The number of carbonyl (C=O) groups excluding carboxylic acids is 1. The van der Waals surface area contributed by atoms with E-state index in [2.05, 4.69) is 5.32 Å². The summed E-state index contributed by atoms with van der Waals surface area (Å²) in [6, 6.07) is 1.23. The summed E-state index contributed by atoms with van der Waals surface area (Å²) in [5.74, 6) is -1.16. The number of hydrogen-bond donors (Lipinski definition) is 1. The molecule has 0 radical (unpaired) electrons. The van der Waals surface area contributed by atoms with E-state index in [1.165, 1.54) is 6.07 Å². The van der Waals surface area contributed by atoms with Crippen LogP contribution < -0.4 is 5.32 Å². The molecule has 0 unspecified atom stereocenters. The van der Waals surface area contributed by atoms with Gasteiger partial charge in [-0.15, -0.1) is 0 Å². The van der Waals surface area contributed by atoms with Crippen molar-refractivity contribution in [1.82, 2.24) is 0 Å². The van der Waals surface area contributed by atoms with Crippen molar-refractivity contribution < 1.29 is 13.6 Å². The van der Waals surface area contributed by atoms with Crippen molar-refractivity contribution in [2.45, 2.75) is 38.0 Å². The highest BCUT2D eigenvalue weighted by molar-refractivity contribution is 6.05. The third kappa shape index (κ3) is 1.33. The largest absolute Gasteiger partial charge is 0.322 e. The molecule has 17 heavy (non-hydrogen) atoms. The molecular weight excluding hydrogens is 224 g/mol. The van der Waals surface area contributed by atoms with Crippen molar-refractivity contribution in [2.24, 2.45) is 0 Å². The quantitative estimate of drug-likeness (QED) is 0.799. The van der Waals surface area contributed by atoms with Crippen LogP contribution in [0.5, 0.6) is 0 Å². The number of fused-ring (bicyclic) bond motifs is 1. The predicted octanol–water partition coefficient (Wildman–Crippen LogP) is 3.07. The average Bonchev–Trinajstić information content (AvgIpc) is 3.02. The molecule has 2 nitrogen and oxygen atoms in total. The van der Waals surface area contributed by atoms with Crippen LogP contribution in [0.25, 0.3) is 0 Å². The Morgan fingerprint density at radius 3 is 2.59 bits per heavy atom. The first-order valence-electron chi connectivity index (χ1n) is 5.76. The third-order valence-corrected chi connectivity index (χ3v) is 3.69. The van der Waals surface area contributed by atoms with Crippen LogP contribution in [-0.2, 0) is 10.2 Å². The Labute approximate surface area is 98.0 Å². The number of carbonyl (C=O) groups is 1. The van der Waals surface area contributed by atoms with E-state index in [0.29, 0.717) is 5.56 Å². The van der Waals surface area contributed by atoms with Crippen LogP contribution in [0.1, 0.15) is 43.7 Å². The normalized spacial score (nSPS) is 21.3.